The Balaban J connectivity index is 2.06. The van der Waals surface area contributed by atoms with Gasteiger partial charge in [0, 0.05) is 11.1 Å². The summed E-state index contributed by atoms with van der Waals surface area (Å²) in [7, 11) is 0. The lowest BCUT2D eigenvalue weighted by Gasteiger charge is -1.92. The van der Waals surface area contributed by atoms with E-state index in [1.54, 1.807) is 6.08 Å². The van der Waals surface area contributed by atoms with Gasteiger partial charge in [0.05, 0.1) is 0 Å². The van der Waals surface area contributed by atoms with Crippen LogP contribution in [-0.2, 0) is 0 Å². The summed E-state index contributed by atoms with van der Waals surface area (Å²) in [5.41, 5.74) is 1.04. The zero-order valence-electron chi connectivity index (χ0n) is 9.26. The first-order valence-corrected chi connectivity index (χ1v) is 6.54. The average Bonchev–Trinajstić information content (AvgIpc) is 2.77. The molecule has 0 saturated carbocycles. The van der Waals surface area contributed by atoms with E-state index in [-0.39, 0.29) is 0 Å². The van der Waals surface area contributed by atoms with E-state index in [4.69, 9.17) is 16.0 Å². The third kappa shape index (κ3) is 3.61. The second-order valence-corrected chi connectivity index (χ2v) is 4.88. The van der Waals surface area contributed by atoms with Gasteiger partial charge in [-0.2, -0.15) is 0 Å². The highest BCUT2D eigenvalue weighted by atomic mass is 35.5. The van der Waals surface area contributed by atoms with Crippen molar-refractivity contribution in [3.63, 3.8) is 0 Å². The standard InChI is InChI=1S/C12H11ClN2OS/c1-2-17-12-15-14-11(16-12)8-5-9-3-6-10(13)7-4-9/h3-8H,2H2,1H3/b8-5+. The van der Waals surface area contributed by atoms with E-state index in [9.17, 15) is 0 Å². The fourth-order valence-electron chi connectivity index (χ4n) is 1.21. The first-order chi connectivity index (χ1) is 8.28. The molecule has 3 nitrogen and oxygen atoms in total. The second-order valence-electron chi connectivity index (χ2n) is 3.22. The van der Waals surface area contributed by atoms with Crippen molar-refractivity contribution in [2.75, 3.05) is 5.75 Å². The highest BCUT2D eigenvalue weighted by Crippen LogP contribution is 2.17. The van der Waals surface area contributed by atoms with E-state index in [0.717, 1.165) is 16.3 Å². The summed E-state index contributed by atoms with van der Waals surface area (Å²) in [4.78, 5) is 0. The van der Waals surface area contributed by atoms with E-state index in [1.165, 1.54) is 11.8 Å². The molecule has 0 fully saturated rings. The summed E-state index contributed by atoms with van der Waals surface area (Å²) in [6.07, 6.45) is 3.69. The van der Waals surface area contributed by atoms with E-state index >= 15 is 0 Å². The molecule has 1 aromatic carbocycles. The Morgan fingerprint density at radius 1 is 1.24 bits per heavy atom. The van der Waals surface area contributed by atoms with Gasteiger partial charge in [-0.3, -0.25) is 0 Å². The van der Waals surface area contributed by atoms with Crippen LogP contribution in [0.2, 0.25) is 5.02 Å². The number of aromatic nitrogens is 2. The molecular weight excluding hydrogens is 256 g/mol. The zero-order chi connectivity index (χ0) is 12.1. The normalized spacial score (nSPS) is 11.2. The third-order valence-electron chi connectivity index (χ3n) is 1.98. The van der Waals surface area contributed by atoms with Gasteiger partial charge in [-0.1, -0.05) is 42.4 Å². The van der Waals surface area contributed by atoms with E-state index in [1.807, 2.05) is 37.3 Å². The van der Waals surface area contributed by atoms with Gasteiger partial charge in [0.2, 0.25) is 5.89 Å². The summed E-state index contributed by atoms with van der Waals surface area (Å²) in [5.74, 6) is 1.43. The highest BCUT2D eigenvalue weighted by Gasteiger charge is 2.01. The largest absolute Gasteiger partial charge is 0.412 e. The molecule has 0 aliphatic heterocycles. The molecule has 1 aromatic heterocycles. The average molecular weight is 267 g/mol. The lowest BCUT2D eigenvalue weighted by atomic mass is 10.2. The maximum absolute atomic E-state index is 5.80. The summed E-state index contributed by atoms with van der Waals surface area (Å²) < 4.78 is 5.40. The van der Waals surface area contributed by atoms with Crippen molar-refractivity contribution in [2.24, 2.45) is 0 Å². The molecule has 0 atom stereocenters. The van der Waals surface area contributed by atoms with Gasteiger partial charge in [-0.25, -0.2) is 0 Å². The molecular formula is C12H11ClN2OS. The summed E-state index contributed by atoms with van der Waals surface area (Å²) >= 11 is 7.33. The summed E-state index contributed by atoms with van der Waals surface area (Å²) in [6.45, 7) is 2.04. The van der Waals surface area contributed by atoms with Gasteiger partial charge in [-0.15, -0.1) is 10.2 Å². The SMILES string of the molecule is CCSc1nnc(/C=C/c2ccc(Cl)cc2)o1. The number of halogens is 1. The molecule has 0 amide bonds. The fraction of sp³-hybridized carbons (Fsp3) is 0.167. The molecule has 88 valence electrons. The molecule has 0 unspecified atom stereocenters. The molecule has 5 heteroatoms. The predicted octanol–water partition coefficient (Wildman–Crippen LogP) is 4.01. The monoisotopic (exact) mass is 266 g/mol. The smallest absolute Gasteiger partial charge is 0.276 e. The van der Waals surface area contributed by atoms with Crippen molar-refractivity contribution in [3.05, 3.63) is 40.7 Å². The van der Waals surface area contributed by atoms with Crippen molar-refractivity contribution >= 4 is 35.5 Å². The van der Waals surface area contributed by atoms with Crippen LogP contribution in [0.15, 0.2) is 33.9 Å². The highest BCUT2D eigenvalue weighted by molar-refractivity contribution is 7.99. The van der Waals surface area contributed by atoms with Crippen LogP contribution >= 0.6 is 23.4 Å². The number of benzene rings is 1. The Morgan fingerprint density at radius 2 is 2.00 bits per heavy atom. The van der Waals surface area contributed by atoms with Crippen LogP contribution in [0.1, 0.15) is 18.4 Å². The third-order valence-corrected chi connectivity index (χ3v) is 2.93. The van der Waals surface area contributed by atoms with E-state index in [0.29, 0.717) is 11.1 Å². The van der Waals surface area contributed by atoms with Crippen molar-refractivity contribution in [3.8, 4) is 0 Å². The topological polar surface area (TPSA) is 38.9 Å². The minimum atomic E-state index is 0.510. The number of hydrogen-bond donors (Lipinski definition) is 0. The Kier molecular flexibility index (Phi) is 4.23. The van der Waals surface area contributed by atoms with Crippen molar-refractivity contribution in [2.45, 2.75) is 12.1 Å². The second kappa shape index (κ2) is 5.89. The molecule has 0 bridgehead atoms. The molecule has 0 radical (unpaired) electrons. The van der Waals surface area contributed by atoms with Gasteiger partial charge in [0.15, 0.2) is 0 Å². The Hall–Kier alpha value is -1.26. The van der Waals surface area contributed by atoms with Crippen LogP contribution < -0.4 is 0 Å². The predicted molar refractivity (Wildman–Crippen MR) is 71.1 cm³/mol. The number of rotatable bonds is 4. The maximum Gasteiger partial charge on any atom is 0.276 e. The minimum absolute atomic E-state index is 0.510. The van der Waals surface area contributed by atoms with Crippen LogP contribution in [0, 0.1) is 0 Å². The van der Waals surface area contributed by atoms with Crippen LogP contribution in [0.25, 0.3) is 12.2 Å². The number of thioether (sulfide) groups is 1. The van der Waals surface area contributed by atoms with Gasteiger partial charge >= 0.3 is 0 Å². The molecule has 2 rings (SSSR count). The van der Waals surface area contributed by atoms with Crippen molar-refractivity contribution < 1.29 is 4.42 Å². The first-order valence-electron chi connectivity index (χ1n) is 5.18. The Bertz CT molecular complexity index is 507. The number of nitrogens with zero attached hydrogens (tertiary/aromatic N) is 2. The van der Waals surface area contributed by atoms with Gasteiger partial charge in [0.25, 0.3) is 5.22 Å². The van der Waals surface area contributed by atoms with Crippen LogP contribution in [0.5, 0.6) is 0 Å². The Morgan fingerprint density at radius 3 is 2.71 bits per heavy atom. The zero-order valence-corrected chi connectivity index (χ0v) is 10.8. The molecule has 0 saturated heterocycles. The van der Waals surface area contributed by atoms with Crippen LogP contribution in [0.3, 0.4) is 0 Å². The van der Waals surface area contributed by atoms with Crippen molar-refractivity contribution in [1.82, 2.24) is 10.2 Å². The van der Waals surface area contributed by atoms with Crippen LogP contribution in [-0.4, -0.2) is 16.0 Å². The molecule has 1 heterocycles. The lowest BCUT2D eigenvalue weighted by molar-refractivity contribution is 0.446. The van der Waals surface area contributed by atoms with Gasteiger partial charge < -0.3 is 4.42 Å². The van der Waals surface area contributed by atoms with Crippen LogP contribution in [0.4, 0.5) is 0 Å². The quantitative estimate of drug-likeness (QED) is 0.784. The van der Waals surface area contributed by atoms with E-state index < -0.39 is 0 Å². The molecule has 0 spiro atoms. The lowest BCUT2D eigenvalue weighted by Crippen LogP contribution is -1.73. The Labute approximate surface area is 109 Å². The molecule has 0 N–H and O–H groups in total. The number of hydrogen-bond acceptors (Lipinski definition) is 4. The summed E-state index contributed by atoms with van der Waals surface area (Å²) in [5, 5.41) is 9.15. The van der Waals surface area contributed by atoms with E-state index in [2.05, 4.69) is 10.2 Å². The molecule has 17 heavy (non-hydrogen) atoms. The first kappa shape index (κ1) is 12.2. The van der Waals surface area contributed by atoms with Gasteiger partial charge in [0.1, 0.15) is 0 Å². The van der Waals surface area contributed by atoms with Gasteiger partial charge in [-0.05, 0) is 29.5 Å². The molecule has 0 aliphatic rings. The molecule has 0 aliphatic carbocycles. The van der Waals surface area contributed by atoms with Crippen molar-refractivity contribution in [1.29, 1.82) is 0 Å². The minimum Gasteiger partial charge on any atom is -0.412 e. The maximum atomic E-state index is 5.80. The summed E-state index contributed by atoms with van der Waals surface area (Å²) in [6, 6.07) is 7.54. The molecule has 2 aromatic rings. The fourth-order valence-corrected chi connectivity index (χ4v) is 1.83.